The lowest BCUT2D eigenvalue weighted by Gasteiger charge is -2.55. The third kappa shape index (κ3) is 3.81. The summed E-state index contributed by atoms with van der Waals surface area (Å²) >= 11 is 1.89. The predicted octanol–water partition coefficient (Wildman–Crippen LogP) is 5.66. The molecule has 1 aromatic heterocycles. The van der Waals surface area contributed by atoms with Gasteiger partial charge in [0.2, 0.25) is 0 Å². The SMILES string of the molecule is c1ccc(C(C2CCCCC2)C2C(NCc3cccs3)C3CCN2CC3)cc1. The predicted molar refractivity (Wildman–Crippen MR) is 119 cm³/mol. The van der Waals surface area contributed by atoms with Gasteiger partial charge in [-0.3, -0.25) is 4.90 Å². The molecule has 2 aromatic rings. The fourth-order valence-electron chi connectivity index (χ4n) is 6.37. The molecule has 1 N–H and O–H groups in total. The maximum Gasteiger partial charge on any atom is 0.0323 e. The Morgan fingerprint density at radius 1 is 0.929 bits per heavy atom. The summed E-state index contributed by atoms with van der Waals surface area (Å²) in [6.45, 7) is 3.65. The Morgan fingerprint density at radius 2 is 1.71 bits per heavy atom. The van der Waals surface area contributed by atoms with Crippen molar-refractivity contribution < 1.29 is 0 Å². The summed E-state index contributed by atoms with van der Waals surface area (Å²) in [6.07, 6.45) is 9.90. The number of nitrogens with one attached hydrogen (secondary N) is 1. The molecule has 4 fully saturated rings. The van der Waals surface area contributed by atoms with E-state index in [-0.39, 0.29) is 0 Å². The Morgan fingerprint density at radius 3 is 2.43 bits per heavy atom. The molecule has 2 nitrogen and oxygen atoms in total. The number of rotatable bonds is 6. The summed E-state index contributed by atoms with van der Waals surface area (Å²) < 4.78 is 0. The van der Waals surface area contributed by atoms with Crippen LogP contribution in [0.5, 0.6) is 0 Å². The van der Waals surface area contributed by atoms with Gasteiger partial charge in [-0.05, 0) is 67.6 Å². The average Bonchev–Trinajstić information content (AvgIpc) is 3.29. The minimum Gasteiger partial charge on any atom is -0.307 e. The molecule has 4 heterocycles. The molecule has 1 aromatic carbocycles. The number of thiophene rings is 1. The zero-order chi connectivity index (χ0) is 18.8. The molecule has 0 spiro atoms. The first kappa shape index (κ1) is 18.8. The van der Waals surface area contributed by atoms with Gasteiger partial charge in [0.25, 0.3) is 0 Å². The van der Waals surface area contributed by atoms with E-state index in [0.717, 1.165) is 18.4 Å². The minimum absolute atomic E-state index is 0.636. The van der Waals surface area contributed by atoms with Crippen molar-refractivity contribution in [3.8, 4) is 0 Å². The van der Waals surface area contributed by atoms with E-state index >= 15 is 0 Å². The molecule has 2 bridgehead atoms. The molecule has 3 unspecified atom stereocenters. The van der Waals surface area contributed by atoms with E-state index in [9.17, 15) is 0 Å². The van der Waals surface area contributed by atoms with Crippen LogP contribution in [0.1, 0.15) is 61.3 Å². The highest BCUT2D eigenvalue weighted by atomic mass is 32.1. The third-order valence-electron chi connectivity index (χ3n) is 7.67. The normalized spacial score (nSPS) is 31.7. The molecule has 3 heteroatoms. The largest absolute Gasteiger partial charge is 0.307 e. The van der Waals surface area contributed by atoms with E-state index in [1.54, 1.807) is 5.56 Å². The molecule has 1 saturated carbocycles. The Bertz CT molecular complexity index is 714. The van der Waals surface area contributed by atoms with E-state index in [0.29, 0.717) is 18.0 Å². The van der Waals surface area contributed by atoms with Gasteiger partial charge in [0.1, 0.15) is 0 Å². The van der Waals surface area contributed by atoms with Crippen molar-refractivity contribution in [2.24, 2.45) is 11.8 Å². The van der Waals surface area contributed by atoms with Crippen molar-refractivity contribution in [3.63, 3.8) is 0 Å². The van der Waals surface area contributed by atoms with Gasteiger partial charge in [-0.15, -0.1) is 11.3 Å². The fourth-order valence-corrected chi connectivity index (χ4v) is 7.02. The summed E-state index contributed by atoms with van der Waals surface area (Å²) in [5.74, 6) is 2.39. The molecular formula is C25H34N2S. The van der Waals surface area contributed by atoms with E-state index in [1.165, 1.54) is 62.9 Å². The van der Waals surface area contributed by atoms with Crippen molar-refractivity contribution in [1.29, 1.82) is 0 Å². The van der Waals surface area contributed by atoms with Crippen molar-refractivity contribution in [1.82, 2.24) is 10.2 Å². The highest BCUT2D eigenvalue weighted by molar-refractivity contribution is 7.09. The van der Waals surface area contributed by atoms with E-state index < -0.39 is 0 Å². The van der Waals surface area contributed by atoms with Crippen molar-refractivity contribution in [3.05, 3.63) is 58.3 Å². The monoisotopic (exact) mass is 394 g/mol. The van der Waals surface area contributed by atoms with Crippen LogP contribution >= 0.6 is 11.3 Å². The van der Waals surface area contributed by atoms with E-state index in [1.807, 2.05) is 11.3 Å². The molecule has 3 saturated heterocycles. The smallest absolute Gasteiger partial charge is 0.0323 e. The lowest BCUT2D eigenvalue weighted by atomic mass is 9.66. The highest BCUT2D eigenvalue weighted by Crippen LogP contribution is 2.46. The number of benzene rings is 1. The van der Waals surface area contributed by atoms with Gasteiger partial charge in [0.05, 0.1) is 0 Å². The second kappa shape index (κ2) is 8.69. The van der Waals surface area contributed by atoms with Crippen LogP contribution < -0.4 is 5.32 Å². The highest BCUT2D eigenvalue weighted by Gasteiger charge is 2.47. The first-order valence-electron chi connectivity index (χ1n) is 11.4. The Labute approximate surface area is 174 Å². The number of nitrogens with zero attached hydrogens (tertiary/aromatic N) is 1. The zero-order valence-corrected chi connectivity index (χ0v) is 17.7. The molecular weight excluding hydrogens is 360 g/mol. The molecule has 0 amide bonds. The second-order valence-electron chi connectivity index (χ2n) is 9.18. The van der Waals surface area contributed by atoms with Crippen LogP contribution in [0.3, 0.4) is 0 Å². The lowest BCUT2D eigenvalue weighted by molar-refractivity contribution is -0.0143. The number of hydrogen-bond acceptors (Lipinski definition) is 3. The van der Waals surface area contributed by atoms with Crippen LogP contribution in [0, 0.1) is 11.8 Å². The first-order valence-corrected chi connectivity index (χ1v) is 12.3. The Hall–Kier alpha value is -1.16. The summed E-state index contributed by atoms with van der Waals surface area (Å²) in [5, 5.41) is 6.27. The van der Waals surface area contributed by atoms with E-state index in [2.05, 4.69) is 58.1 Å². The quantitative estimate of drug-likeness (QED) is 0.679. The van der Waals surface area contributed by atoms with Crippen molar-refractivity contribution >= 4 is 11.3 Å². The van der Waals surface area contributed by atoms with Crippen molar-refractivity contribution in [2.75, 3.05) is 13.1 Å². The molecule has 0 radical (unpaired) electrons. The Kier molecular flexibility index (Phi) is 5.85. The van der Waals surface area contributed by atoms with Crippen LogP contribution in [0.4, 0.5) is 0 Å². The van der Waals surface area contributed by atoms with Crippen LogP contribution in [0.15, 0.2) is 47.8 Å². The molecule has 150 valence electrons. The van der Waals surface area contributed by atoms with Gasteiger partial charge < -0.3 is 5.32 Å². The third-order valence-corrected chi connectivity index (χ3v) is 8.55. The van der Waals surface area contributed by atoms with Gasteiger partial charge in [0, 0.05) is 29.4 Å². The van der Waals surface area contributed by atoms with Crippen LogP contribution in [-0.2, 0) is 6.54 Å². The minimum atomic E-state index is 0.636. The summed E-state index contributed by atoms with van der Waals surface area (Å²) in [4.78, 5) is 4.34. The average molecular weight is 395 g/mol. The molecule has 3 atom stereocenters. The molecule has 28 heavy (non-hydrogen) atoms. The van der Waals surface area contributed by atoms with Gasteiger partial charge in [-0.2, -0.15) is 0 Å². The molecule has 3 aliphatic heterocycles. The lowest BCUT2D eigenvalue weighted by Crippen LogP contribution is -2.65. The number of piperidine rings is 3. The molecule has 4 aliphatic rings. The van der Waals surface area contributed by atoms with Gasteiger partial charge in [-0.25, -0.2) is 0 Å². The number of hydrogen-bond donors (Lipinski definition) is 1. The van der Waals surface area contributed by atoms with Gasteiger partial charge in [0.15, 0.2) is 0 Å². The maximum absolute atomic E-state index is 4.06. The van der Waals surface area contributed by atoms with E-state index in [4.69, 9.17) is 0 Å². The first-order chi connectivity index (χ1) is 13.9. The zero-order valence-electron chi connectivity index (χ0n) is 16.9. The second-order valence-corrected chi connectivity index (χ2v) is 10.2. The molecule has 6 rings (SSSR count). The molecule has 1 aliphatic carbocycles. The fraction of sp³-hybridized carbons (Fsp3) is 0.600. The summed E-state index contributed by atoms with van der Waals surface area (Å²) in [7, 11) is 0. The van der Waals surface area contributed by atoms with Crippen LogP contribution in [0.25, 0.3) is 0 Å². The standard InChI is InChI=1S/C25H34N2S/c1-3-8-19(9-4-1)23(20-10-5-2-6-11-20)25-24(21-13-15-27(25)16-14-21)26-18-22-12-7-17-28-22/h1,3-4,7-9,12,17,20-21,23-26H,2,5-6,10-11,13-16,18H2. The topological polar surface area (TPSA) is 15.3 Å². The van der Waals surface area contributed by atoms with Crippen molar-refractivity contribution in [2.45, 2.75) is 69.5 Å². The van der Waals surface area contributed by atoms with Gasteiger partial charge >= 0.3 is 0 Å². The van der Waals surface area contributed by atoms with Crippen LogP contribution in [-0.4, -0.2) is 30.1 Å². The summed E-state index contributed by atoms with van der Waals surface area (Å²) in [6, 6.07) is 17.3. The van der Waals surface area contributed by atoms with Gasteiger partial charge in [-0.1, -0.05) is 55.7 Å². The van der Waals surface area contributed by atoms with Crippen LogP contribution in [0.2, 0.25) is 0 Å². The number of fused-ring (bicyclic) bond motifs is 3. The Balaban J connectivity index is 1.45. The maximum atomic E-state index is 4.06. The summed E-state index contributed by atoms with van der Waals surface area (Å²) in [5.41, 5.74) is 1.59.